The van der Waals surface area contributed by atoms with Crippen LogP contribution in [0.15, 0.2) is 138 Å². The molecule has 0 saturated heterocycles. The smallest absolute Gasteiger partial charge is 0.159 e. The molecule has 200 valence electrons. The molecule has 0 unspecified atom stereocenters. The Morgan fingerprint density at radius 3 is 1.91 bits per heavy atom. The zero-order chi connectivity index (χ0) is 28.1. The molecule has 3 nitrogen and oxygen atoms in total. The first kappa shape index (κ1) is 23.1. The number of furan rings is 1. The predicted molar refractivity (Wildman–Crippen MR) is 182 cm³/mol. The molecule has 3 aromatic heterocycles. The summed E-state index contributed by atoms with van der Waals surface area (Å²) in [6.45, 7) is 0. The number of aromatic nitrogens is 2. The zero-order valence-electron chi connectivity index (χ0n) is 22.9. The summed E-state index contributed by atoms with van der Waals surface area (Å²) >= 11 is 1.73. The fourth-order valence-electron chi connectivity index (χ4n) is 6.90. The van der Waals surface area contributed by atoms with Crippen molar-refractivity contribution in [1.29, 1.82) is 0 Å². The molecular weight excluding hydrogens is 545 g/mol. The van der Waals surface area contributed by atoms with E-state index in [0.29, 0.717) is 0 Å². The average Bonchev–Trinajstić information content (AvgIpc) is 3.76. The first-order valence-electron chi connectivity index (χ1n) is 14.5. The second-order valence-corrected chi connectivity index (χ2v) is 12.2. The Kier molecular flexibility index (Phi) is 4.60. The van der Waals surface area contributed by atoms with Crippen molar-refractivity contribution in [2.45, 2.75) is 0 Å². The molecule has 0 atom stereocenters. The SMILES string of the molecule is c1ccc2c(c1)ccc1c2c2c3ccccc3ccc2n1-c1cc(-c2nc3ccccc3s2)cc2c1oc1ccccc12. The van der Waals surface area contributed by atoms with Gasteiger partial charge in [-0.25, -0.2) is 4.98 Å². The van der Waals surface area contributed by atoms with Gasteiger partial charge >= 0.3 is 0 Å². The van der Waals surface area contributed by atoms with Crippen LogP contribution >= 0.6 is 11.3 Å². The molecule has 0 spiro atoms. The number of hydrogen-bond donors (Lipinski definition) is 0. The van der Waals surface area contributed by atoms with E-state index in [9.17, 15) is 0 Å². The van der Waals surface area contributed by atoms with Crippen molar-refractivity contribution < 1.29 is 4.42 Å². The molecule has 0 bridgehead atoms. The van der Waals surface area contributed by atoms with Gasteiger partial charge in [-0.1, -0.05) is 91.0 Å². The maximum atomic E-state index is 6.69. The Bertz CT molecular complexity index is 2620. The van der Waals surface area contributed by atoms with Gasteiger partial charge in [0.1, 0.15) is 10.6 Å². The van der Waals surface area contributed by atoms with Crippen molar-refractivity contribution in [1.82, 2.24) is 9.55 Å². The highest BCUT2D eigenvalue weighted by molar-refractivity contribution is 7.21. The lowest BCUT2D eigenvalue weighted by molar-refractivity contribution is 0.666. The molecule has 10 aromatic rings. The molecule has 0 N–H and O–H groups in total. The van der Waals surface area contributed by atoms with Crippen molar-refractivity contribution in [3.63, 3.8) is 0 Å². The summed E-state index contributed by atoms with van der Waals surface area (Å²) in [5.41, 5.74) is 7.22. The topological polar surface area (TPSA) is 31.0 Å². The first-order chi connectivity index (χ1) is 21.3. The Labute approximate surface area is 249 Å². The summed E-state index contributed by atoms with van der Waals surface area (Å²) in [6.07, 6.45) is 0. The lowest BCUT2D eigenvalue weighted by Crippen LogP contribution is -1.95. The van der Waals surface area contributed by atoms with Gasteiger partial charge in [0.25, 0.3) is 0 Å². The van der Waals surface area contributed by atoms with Crippen LogP contribution in [0.4, 0.5) is 0 Å². The molecule has 0 fully saturated rings. The largest absolute Gasteiger partial charge is 0.454 e. The Balaban J connectivity index is 1.42. The Morgan fingerprint density at radius 2 is 1.19 bits per heavy atom. The molecule has 0 aliphatic rings. The summed E-state index contributed by atoms with van der Waals surface area (Å²) in [6, 6.07) is 47.6. The number of para-hydroxylation sites is 2. The molecule has 43 heavy (non-hydrogen) atoms. The predicted octanol–water partition coefficient (Wildman–Crippen LogP) is 11.3. The average molecular weight is 567 g/mol. The number of fused-ring (bicyclic) bond motifs is 11. The minimum Gasteiger partial charge on any atom is -0.454 e. The van der Waals surface area contributed by atoms with Gasteiger partial charge in [-0.15, -0.1) is 11.3 Å². The Morgan fingerprint density at radius 1 is 0.558 bits per heavy atom. The van der Waals surface area contributed by atoms with E-state index in [1.807, 2.05) is 6.07 Å². The van der Waals surface area contributed by atoms with Gasteiger partial charge in [0.05, 0.1) is 26.9 Å². The van der Waals surface area contributed by atoms with Crippen LogP contribution in [-0.2, 0) is 0 Å². The van der Waals surface area contributed by atoms with E-state index >= 15 is 0 Å². The molecule has 0 saturated carbocycles. The summed E-state index contributed by atoms with van der Waals surface area (Å²) in [4.78, 5) is 5.06. The van der Waals surface area contributed by atoms with Crippen molar-refractivity contribution >= 4 is 86.8 Å². The van der Waals surface area contributed by atoms with Gasteiger partial charge in [-0.05, 0) is 64.0 Å². The quantitative estimate of drug-likeness (QED) is 0.208. The summed E-state index contributed by atoms with van der Waals surface area (Å²) < 4.78 is 10.3. The van der Waals surface area contributed by atoms with Crippen molar-refractivity contribution in [2.24, 2.45) is 0 Å². The van der Waals surface area contributed by atoms with Gasteiger partial charge in [0.15, 0.2) is 5.58 Å². The van der Waals surface area contributed by atoms with Crippen LogP contribution in [0.3, 0.4) is 0 Å². The maximum Gasteiger partial charge on any atom is 0.159 e. The number of nitrogens with zero attached hydrogens (tertiary/aromatic N) is 2. The molecule has 4 heteroatoms. The summed E-state index contributed by atoms with van der Waals surface area (Å²) in [5, 5.41) is 10.7. The highest BCUT2D eigenvalue weighted by atomic mass is 32.1. The van der Waals surface area contributed by atoms with Crippen LogP contribution in [0.1, 0.15) is 0 Å². The van der Waals surface area contributed by atoms with Crippen LogP contribution in [0.5, 0.6) is 0 Å². The van der Waals surface area contributed by atoms with Crippen LogP contribution in [0, 0.1) is 0 Å². The second kappa shape index (κ2) is 8.54. The van der Waals surface area contributed by atoms with Crippen LogP contribution < -0.4 is 0 Å². The van der Waals surface area contributed by atoms with E-state index in [1.165, 1.54) is 37.0 Å². The van der Waals surface area contributed by atoms with Gasteiger partial charge in [0, 0.05) is 27.1 Å². The third kappa shape index (κ3) is 3.21. The number of rotatable bonds is 2. The molecule has 0 aliphatic heterocycles. The van der Waals surface area contributed by atoms with Crippen molar-refractivity contribution in [3.8, 4) is 16.3 Å². The molecular formula is C39H22N2OS. The zero-order valence-corrected chi connectivity index (χ0v) is 23.7. The van der Waals surface area contributed by atoms with Gasteiger partial charge < -0.3 is 8.98 Å². The molecule has 0 radical (unpaired) electrons. The van der Waals surface area contributed by atoms with E-state index in [1.54, 1.807) is 11.3 Å². The fraction of sp³-hybridized carbons (Fsp3) is 0. The van der Waals surface area contributed by atoms with E-state index in [2.05, 4.69) is 132 Å². The number of hydrogen-bond acceptors (Lipinski definition) is 3. The minimum atomic E-state index is 0.881. The third-order valence-electron chi connectivity index (χ3n) is 8.79. The molecule has 0 amide bonds. The van der Waals surface area contributed by atoms with Crippen LogP contribution in [0.2, 0.25) is 0 Å². The van der Waals surface area contributed by atoms with Crippen molar-refractivity contribution in [2.75, 3.05) is 0 Å². The van der Waals surface area contributed by atoms with Gasteiger partial charge in [-0.2, -0.15) is 0 Å². The lowest BCUT2D eigenvalue weighted by atomic mass is 10.00. The normalized spacial score (nSPS) is 12.2. The van der Waals surface area contributed by atoms with Crippen molar-refractivity contribution in [3.05, 3.63) is 133 Å². The van der Waals surface area contributed by atoms with Gasteiger partial charge in [-0.3, -0.25) is 0 Å². The minimum absolute atomic E-state index is 0.881. The van der Waals surface area contributed by atoms with Gasteiger partial charge in [0.2, 0.25) is 0 Å². The maximum absolute atomic E-state index is 6.69. The standard InChI is InChI=1S/C39H22N2OS/c1-3-11-26-23(9-1)17-19-31-36(26)37-27-12-4-2-10-24(27)18-20-32(37)41(31)33-22-25(39-40-30-14-6-8-16-35(30)43-39)21-29-28-13-5-7-15-34(28)42-38(29)33/h1-22H. The van der Waals surface area contributed by atoms with E-state index in [4.69, 9.17) is 9.40 Å². The third-order valence-corrected chi connectivity index (χ3v) is 9.87. The highest BCUT2D eigenvalue weighted by Crippen LogP contribution is 2.44. The lowest BCUT2D eigenvalue weighted by Gasteiger charge is -2.11. The van der Waals surface area contributed by atoms with E-state index in [0.717, 1.165) is 54.7 Å². The fourth-order valence-corrected chi connectivity index (χ4v) is 7.85. The number of benzene rings is 7. The second-order valence-electron chi connectivity index (χ2n) is 11.2. The monoisotopic (exact) mass is 566 g/mol. The molecule has 0 aliphatic carbocycles. The molecule has 3 heterocycles. The van der Waals surface area contributed by atoms with E-state index in [-0.39, 0.29) is 0 Å². The van der Waals surface area contributed by atoms with Crippen LogP contribution in [0.25, 0.3) is 91.8 Å². The first-order valence-corrected chi connectivity index (χ1v) is 15.3. The van der Waals surface area contributed by atoms with E-state index < -0.39 is 0 Å². The number of thiazole rings is 1. The highest BCUT2D eigenvalue weighted by Gasteiger charge is 2.22. The molecule has 10 rings (SSSR count). The van der Waals surface area contributed by atoms with Crippen LogP contribution in [-0.4, -0.2) is 9.55 Å². The summed E-state index contributed by atoms with van der Waals surface area (Å²) in [7, 11) is 0. The molecule has 7 aromatic carbocycles. The summed E-state index contributed by atoms with van der Waals surface area (Å²) in [5.74, 6) is 0. The Hall–Kier alpha value is -5.45.